The zero-order valence-corrected chi connectivity index (χ0v) is 12.6. The van der Waals surface area contributed by atoms with Crippen molar-refractivity contribution in [2.24, 2.45) is 0 Å². The third-order valence-corrected chi connectivity index (χ3v) is 5.53. The van der Waals surface area contributed by atoms with Crippen LogP contribution >= 0.6 is 11.3 Å². The fourth-order valence-corrected chi connectivity index (χ4v) is 4.25. The maximum atomic E-state index is 11.1. The molecule has 1 N–H and O–H groups in total. The van der Waals surface area contributed by atoms with E-state index in [-0.39, 0.29) is 0 Å². The standard InChI is InChI=1S/C15H21NO3S/c1-10-11(8-14(20-10)15(17)18)9-16-6-7-19-13-5-3-2-4-12(13)16/h8,12-13H,2-7,9H2,1H3,(H,17,18). The molecule has 1 saturated carbocycles. The molecule has 1 aliphatic carbocycles. The lowest BCUT2D eigenvalue weighted by atomic mass is 9.90. The van der Waals surface area contributed by atoms with Gasteiger partial charge in [0.2, 0.25) is 0 Å². The lowest BCUT2D eigenvalue weighted by Crippen LogP contribution is -2.52. The number of fused-ring (bicyclic) bond motifs is 1. The van der Waals surface area contributed by atoms with Gasteiger partial charge in [-0.2, -0.15) is 0 Å². The lowest BCUT2D eigenvalue weighted by Gasteiger charge is -2.43. The van der Waals surface area contributed by atoms with Crippen molar-refractivity contribution in [2.75, 3.05) is 13.2 Å². The summed E-state index contributed by atoms with van der Waals surface area (Å²) in [5, 5.41) is 9.09. The van der Waals surface area contributed by atoms with E-state index in [9.17, 15) is 4.79 Å². The summed E-state index contributed by atoms with van der Waals surface area (Å²) in [5.74, 6) is -0.818. The van der Waals surface area contributed by atoms with Crippen LogP contribution in [0.1, 0.15) is 45.8 Å². The molecule has 2 atom stereocenters. The van der Waals surface area contributed by atoms with E-state index in [2.05, 4.69) is 4.90 Å². The van der Waals surface area contributed by atoms with Crippen molar-refractivity contribution < 1.29 is 14.6 Å². The van der Waals surface area contributed by atoms with Gasteiger partial charge in [-0.15, -0.1) is 11.3 Å². The average Bonchev–Trinajstić information content (AvgIpc) is 2.81. The van der Waals surface area contributed by atoms with Crippen LogP contribution in [0, 0.1) is 6.92 Å². The predicted octanol–water partition coefficient (Wildman–Crippen LogP) is 2.90. The number of aryl methyl sites for hydroxylation is 1. The number of nitrogens with zero attached hydrogens (tertiary/aromatic N) is 1. The van der Waals surface area contributed by atoms with Gasteiger partial charge in [-0.05, 0) is 31.4 Å². The minimum absolute atomic E-state index is 0.385. The largest absolute Gasteiger partial charge is 0.477 e. The van der Waals surface area contributed by atoms with Crippen LogP contribution in [0.15, 0.2) is 6.07 Å². The number of carboxylic acid groups (broad SMARTS) is 1. The minimum atomic E-state index is -0.818. The summed E-state index contributed by atoms with van der Waals surface area (Å²) in [6, 6.07) is 2.36. The van der Waals surface area contributed by atoms with Crippen molar-refractivity contribution in [1.29, 1.82) is 0 Å². The van der Waals surface area contributed by atoms with Gasteiger partial charge in [0.15, 0.2) is 0 Å². The van der Waals surface area contributed by atoms with Gasteiger partial charge in [0, 0.05) is 24.0 Å². The van der Waals surface area contributed by atoms with Crippen LogP contribution in [0.5, 0.6) is 0 Å². The SMILES string of the molecule is Cc1sc(C(=O)O)cc1CN1CCOC2CCCCC21. The number of thiophene rings is 1. The van der Waals surface area contributed by atoms with Gasteiger partial charge in [-0.1, -0.05) is 12.8 Å². The molecule has 0 amide bonds. The fraction of sp³-hybridized carbons (Fsp3) is 0.667. The van der Waals surface area contributed by atoms with Crippen molar-refractivity contribution in [2.45, 2.75) is 51.3 Å². The van der Waals surface area contributed by atoms with Gasteiger partial charge < -0.3 is 9.84 Å². The van der Waals surface area contributed by atoms with Crippen LogP contribution < -0.4 is 0 Å². The lowest BCUT2D eigenvalue weighted by molar-refractivity contribution is -0.0911. The molecule has 2 fully saturated rings. The molecule has 1 aromatic rings. The average molecular weight is 295 g/mol. The van der Waals surface area contributed by atoms with E-state index in [1.54, 1.807) is 0 Å². The normalized spacial score (nSPS) is 27.2. The quantitative estimate of drug-likeness (QED) is 0.931. The van der Waals surface area contributed by atoms with E-state index in [1.165, 1.54) is 42.6 Å². The highest BCUT2D eigenvalue weighted by Crippen LogP contribution is 2.31. The van der Waals surface area contributed by atoms with Crippen molar-refractivity contribution >= 4 is 17.3 Å². The second kappa shape index (κ2) is 5.84. The van der Waals surface area contributed by atoms with Gasteiger partial charge in [0.1, 0.15) is 4.88 Å². The summed E-state index contributed by atoms with van der Waals surface area (Å²) in [4.78, 5) is 15.1. The van der Waals surface area contributed by atoms with Crippen molar-refractivity contribution in [1.82, 2.24) is 4.90 Å². The Morgan fingerprint density at radius 3 is 3.05 bits per heavy atom. The Kier molecular flexibility index (Phi) is 4.10. The molecule has 0 aromatic carbocycles. The molecule has 4 nitrogen and oxygen atoms in total. The zero-order valence-electron chi connectivity index (χ0n) is 11.8. The van der Waals surface area contributed by atoms with E-state index in [1.807, 2.05) is 13.0 Å². The van der Waals surface area contributed by atoms with Crippen LogP contribution in [0.3, 0.4) is 0 Å². The Balaban J connectivity index is 1.74. The summed E-state index contributed by atoms with van der Waals surface area (Å²) in [7, 11) is 0. The first-order valence-electron chi connectivity index (χ1n) is 7.33. The van der Waals surface area contributed by atoms with E-state index < -0.39 is 5.97 Å². The maximum Gasteiger partial charge on any atom is 0.345 e. The van der Waals surface area contributed by atoms with Crippen LogP contribution in [-0.2, 0) is 11.3 Å². The number of carbonyl (C=O) groups is 1. The van der Waals surface area contributed by atoms with Crippen LogP contribution in [0.2, 0.25) is 0 Å². The molecule has 110 valence electrons. The molecule has 20 heavy (non-hydrogen) atoms. The Labute approximate surface area is 123 Å². The Hall–Kier alpha value is -0.910. The molecule has 0 bridgehead atoms. The summed E-state index contributed by atoms with van der Waals surface area (Å²) < 4.78 is 5.89. The summed E-state index contributed by atoms with van der Waals surface area (Å²) in [6.45, 7) is 4.64. The van der Waals surface area contributed by atoms with Crippen molar-refractivity contribution in [3.63, 3.8) is 0 Å². The summed E-state index contributed by atoms with van der Waals surface area (Å²) in [6.07, 6.45) is 5.32. The second-order valence-corrected chi connectivity index (χ2v) is 6.99. The number of rotatable bonds is 3. The summed E-state index contributed by atoms with van der Waals surface area (Å²) >= 11 is 1.38. The molecular formula is C15H21NO3S. The first-order valence-corrected chi connectivity index (χ1v) is 8.15. The van der Waals surface area contributed by atoms with Gasteiger partial charge >= 0.3 is 5.97 Å². The van der Waals surface area contributed by atoms with E-state index >= 15 is 0 Å². The van der Waals surface area contributed by atoms with Gasteiger partial charge in [-0.3, -0.25) is 4.90 Å². The molecule has 5 heteroatoms. The van der Waals surface area contributed by atoms with Crippen LogP contribution in [0.25, 0.3) is 0 Å². The van der Waals surface area contributed by atoms with Gasteiger partial charge in [-0.25, -0.2) is 4.79 Å². The molecule has 3 rings (SSSR count). The zero-order chi connectivity index (χ0) is 14.1. The molecule has 1 aliphatic heterocycles. The third-order valence-electron chi connectivity index (χ3n) is 4.45. The van der Waals surface area contributed by atoms with Crippen molar-refractivity contribution in [3.8, 4) is 0 Å². The first-order chi connectivity index (χ1) is 9.65. The van der Waals surface area contributed by atoms with E-state index in [4.69, 9.17) is 9.84 Å². The maximum absolute atomic E-state index is 11.1. The number of ether oxygens (including phenoxy) is 1. The molecule has 2 heterocycles. The second-order valence-electron chi connectivity index (χ2n) is 5.73. The Morgan fingerprint density at radius 1 is 1.50 bits per heavy atom. The predicted molar refractivity (Wildman–Crippen MR) is 78.4 cm³/mol. The molecule has 2 aliphatic rings. The van der Waals surface area contributed by atoms with Gasteiger partial charge in [0.25, 0.3) is 0 Å². The smallest absolute Gasteiger partial charge is 0.345 e. The Bertz CT molecular complexity index is 497. The van der Waals surface area contributed by atoms with Crippen molar-refractivity contribution in [3.05, 3.63) is 21.4 Å². The third kappa shape index (κ3) is 2.75. The van der Waals surface area contributed by atoms with E-state index in [0.29, 0.717) is 17.0 Å². The molecule has 2 unspecified atom stereocenters. The fourth-order valence-electron chi connectivity index (χ4n) is 3.37. The minimum Gasteiger partial charge on any atom is -0.477 e. The topological polar surface area (TPSA) is 49.8 Å². The monoisotopic (exact) mass is 295 g/mol. The number of morpholine rings is 1. The van der Waals surface area contributed by atoms with Crippen LogP contribution in [0.4, 0.5) is 0 Å². The molecule has 1 saturated heterocycles. The van der Waals surface area contributed by atoms with Crippen LogP contribution in [-0.4, -0.2) is 41.3 Å². The highest BCUT2D eigenvalue weighted by atomic mass is 32.1. The number of hydrogen-bond acceptors (Lipinski definition) is 4. The first kappa shape index (κ1) is 14.0. The molecular weight excluding hydrogens is 274 g/mol. The molecule has 0 spiro atoms. The molecule has 1 aromatic heterocycles. The number of carboxylic acids is 1. The molecule has 0 radical (unpaired) electrons. The highest BCUT2D eigenvalue weighted by molar-refractivity contribution is 7.14. The Morgan fingerprint density at radius 2 is 2.30 bits per heavy atom. The number of hydrogen-bond donors (Lipinski definition) is 1. The van der Waals surface area contributed by atoms with E-state index in [0.717, 1.165) is 24.6 Å². The summed E-state index contributed by atoms with van der Waals surface area (Å²) in [5.41, 5.74) is 1.17. The highest BCUT2D eigenvalue weighted by Gasteiger charge is 2.34. The van der Waals surface area contributed by atoms with Gasteiger partial charge in [0.05, 0.1) is 12.7 Å². The number of aromatic carboxylic acids is 1.